The van der Waals surface area contributed by atoms with Crippen LogP contribution in [0.2, 0.25) is 0 Å². The number of aryl methyl sites for hydroxylation is 1. The first-order chi connectivity index (χ1) is 28.1. The van der Waals surface area contributed by atoms with E-state index in [2.05, 4.69) is 105 Å². The maximum atomic E-state index is 6.62. The number of rotatable bonds is 7. The van der Waals surface area contributed by atoms with Crippen molar-refractivity contribution >= 4 is 21.9 Å². The molecule has 0 N–H and O–H groups in total. The van der Waals surface area contributed by atoms with E-state index in [1.807, 2.05) is 84.9 Å². The maximum Gasteiger partial charge on any atom is 0.164 e. The lowest BCUT2D eigenvalue weighted by Crippen LogP contribution is -2.01. The summed E-state index contributed by atoms with van der Waals surface area (Å²) in [6.45, 7) is 4.23. The molecule has 6 nitrogen and oxygen atoms in total. The van der Waals surface area contributed by atoms with Crippen LogP contribution in [0.1, 0.15) is 11.1 Å². The largest absolute Gasteiger partial charge is 0.456 e. The number of hydrogen-bond donors (Lipinski definition) is 0. The number of hydrogen-bond acceptors (Lipinski definition) is 6. The molecule has 270 valence electrons. The maximum absolute atomic E-state index is 6.62. The molecule has 0 aliphatic carbocycles. The van der Waals surface area contributed by atoms with E-state index in [9.17, 15) is 0 Å². The average molecular weight is 734 g/mol. The number of nitrogens with zero attached hydrogens (tertiary/aromatic N) is 5. The van der Waals surface area contributed by atoms with Crippen LogP contribution in [-0.2, 0) is 0 Å². The van der Waals surface area contributed by atoms with Gasteiger partial charge >= 0.3 is 0 Å². The molecule has 0 fully saturated rings. The van der Waals surface area contributed by atoms with Gasteiger partial charge < -0.3 is 4.42 Å². The molecule has 10 rings (SSSR count). The summed E-state index contributed by atoms with van der Waals surface area (Å²) in [5.41, 5.74) is 13.4. The fourth-order valence-electron chi connectivity index (χ4n) is 7.59. The molecule has 3 heterocycles. The highest BCUT2D eigenvalue weighted by molar-refractivity contribution is 6.12. The van der Waals surface area contributed by atoms with Gasteiger partial charge in [-0.2, -0.15) is 0 Å². The molecule has 0 unspecified atom stereocenters. The SMILES string of the molecule is Cc1ccccc1-c1nc(-c2ccc3c(c2)oc2cccc(-c4nc(-c5ccccc5)nc(-c5cccc(-c6ccccc6)c5)n4)c23)nc(-c2ccccc2)c1C. The summed E-state index contributed by atoms with van der Waals surface area (Å²) in [6, 6.07) is 59.7. The Hall–Kier alpha value is -7.57. The Morgan fingerprint density at radius 3 is 1.65 bits per heavy atom. The van der Waals surface area contributed by atoms with E-state index < -0.39 is 0 Å². The van der Waals surface area contributed by atoms with E-state index in [-0.39, 0.29) is 0 Å². The van der Waals surface area contributed by atoms with Crippen LogP contribution >= 0.6 is 0 Å². The van der Waals surface area contributed by atoms with Crippen molar-refractivity contribution in [2.45, 2.75) is 13.8 Å². The summed E-state index contributed by atoms with van der Waals surface area (Å²) in [6.07, 6.45) is 0. The van der Waals surface area contributed by atoms with Crippen molar-refractivity contribution < 1.29 is 4.42 Å². The monoisotopic (exact) mass is 733 g/mol. The lowest BCUT2D eigenvalue weighted by molar-refractivity contribution is 0.669. The fraction of sp³-hybridized carbons (Fsp3) is 0.0392. The Morgan fingerprint density at radius 1 is 0.351 bits per heavy atom. The van der Waals surface area contributed by atoms with E-state index in [1.165, 1.54) is 0 Å². The minimum atomic E-state index is 0.568. The fourth-order valence-corrected chi connectivity index (χ4v) is 7.59. The summed E-state index contributed by atoms with van der Waals surface area (Å²) in [7, 11) is 0. The average Bonchev–Trinajstić information content (AvgIpc) is 3.66. The van der Waals surface area contributed by atoms with Crippen LogP contribution < -0.4 is 0 Å². The summed E-state index contributed by atoms with van der Waals surface area (Å²) in [5, 5.41) is 1.89. The number of aromatic nitrogens is 5. The normalized spacial score (nSPS) is 11.3. The summed E-state index contributed by atoms with van der Waals surface area (Å²) in [4.78, 5) is 25.6. The van der Waals surface area contributed by atoms with E-state index in [1.54, 1.807) is 0 Å². The Kier molecular flexibility index (Phi) is 8.49. The van der Waals surface area contributed by atoms with Gasteiger partial charge in [0, 0.05) is 49.7 Å². The summed E-state index contributed by atoms with van der Waals surface area (Å²) in [5.74, 6) is 2.40. The van der Waals surface area contributed by atoms with Crippen molar-refractivity contribution in [3.63, 3.8) is 0 Å². The molecule has 57 heavy (non-hydrogen) atoms. The van der Waals surface area contributed by atoms with E-state index in [0.29, 0.717) is 23.3 Å². The predicted octanol–water partition coefficient (Wildman–Crippen LogP) is 12.8. The molecule has 0 aliphatic rings. The Balaban J connectivity index is 1.13. The molecule has 0 saturated heterocycles. The van der Waals surface area contributed by atoms with E-state index in [0.717, 1.165) is 89.0 Å². The van der Waals surface area contributed by atoms with Crippen molar-refractivity contribution in [1.82, 2.24) is 24.9 Å². The molecule has 3 aromatic heterocycles. The highest BCUT2D eigenvalue weighted by Crippen LogP contribution is 2.39. The van der Waals surface area contributed by atoms with Crippen LogP contribution in [0.3, 0.4) is 0 Å². The zero-order valence-corrected chi connectivity index (χ0v) is 31.4. The highest BCUT2D eigenvalue weighted by atomic mass is 16.3. The first-order valence-electron chi connectivity index (χ1n) is 19.0. The van der Waals surface area contributed by atoms with Gasteiger partial charge in [-0.05, 0) is 54.8 Å². The molecule has 6 heteroatoms. The van der Waals surface area contributed by atoms with Gasteiger partial charge in [0.2, 0.25) is 0 Å². The van der Waals surface area contributed by atoms with E-state index in [4.69, 9.17) is 29.3 Å². The highest BCUT2D eigenvalue weighted by Gasteiger charge is 2.21. The topological polar surface area (TPSA) is 77.6 Å². The van der Waals surface area contributed by atoms with Crippen LogP contribution in [0.5, 0.6) is 0 Å². The lowest BCUT2D eigenvalue weighted by atomic mass is 9.98. The number of benzene rings is 7. The van der Waals surface area contributed by atoms with Gasteiger partial charge in [-0.3, -0.25) is 0 Å². The van der Waals surface area contributed by atoms with Gasteiger partial charge in [0.05, 0.1) is 11.4 Å². The lowest BCUT2D eigenvalue weighted by Gasteiger charge is -2.15. The second-order valence-electron chi connectivity index (χ2n) is 14.2. The van der Waals surface area contributed by atoms with Crippen molar-refractivity contribution in [1.29, 1.82) is 0 Å². The van der Waals surface area contributed by atoms with Gasteiger partial charge in [-0.1, -0.05) is 152 Å². The van der Waals surface area contributed by atoms with Gasteiger partial charge in [-0.25, -0.2) is 24.9 Å². The van der Waals surface area contributed by atoms with E-state index >= 15 is 0 Å². The third kappa shape index (κ3) is 6.33. The second-order valence-corrected chi connectivity index (χ2v) is 14.2. The minimum Gasteiger partial charge on any atom is -0.456 e. The molecule has 0 saturated carbocycles. The first kappa shape index (κ1) is 34.0. The molecule has 0 radical (unpaired) electrons. The molecule has 0 spiro atoms. The first-order valence-corrected chi connectivity index (χ1v) is 19.0. The summed E-state index contributed by atoms with van der Waals surface area (Å²) >= 11 is 0. The van der Waals surface area contributed by atoms with Gasteiger partial charge in [0.25, 0.3) is 0 Å². The third-order valence-corrected chi connectivity index (χ3v) is 10.5. The third-order valence-electron chi connectivity index (χ3n) is 10.5. The van der Waals surface area contributed by atoms with Crippen LogP contribution in [0.4, 0.5) is 0 Å². The zero-order chi connectivity index (χ0) is 38.3. The molecule has 7 aromatic carbocycles. The smallest absolute Gasteiger partial charge is 0.164 e. The van der Waals surface area contributed by atoms with Crippen LogP contribution in [0.25, 0.3) is 101 Å². The predicted molar refractivity (Wildman–Crippen MR) is 230 cm³/mol. The van der Waals surface area contributed by atoms with Gasteiger partial charge in [0.15, 0.2) is 23.3 Å². The zero-order valence-electron chi connectivity index (χ0n) is 31.4. The van der Waals surface area contributed by atoms with Crippen molar-refractivity contribution in [2.75, 3.05) is 0 Å². The summed E-state index contributed by atoms with van der Waals surface area (Å²) < 4.78 is 6.62. The second kappa shape index (κ2) is 14.3. The minimum absolute atomic E-state index is 0.568. The quantitative estimate of drug-likeness (QED) is 0.162. The molecule has 10 aromatic rings. The molecular formula is C51H35N5O. The van der Waals surface area contributed by atoms with Crippen molar-refractivity contribution in [3.05, 3.63) is 187 Å². The molecular weight excluding hydrogens is 699 g/mol. The van der Waals surface area contributed by atoms with Gasteiger partial charge in [0.1, 0.15) is 11.2 Å². The molecule has 0 aliphatic heterocycles. The van der Waals surface area contributed by atoms with Crippen LogP contribution in [0, 0.1) is 13.8 Å². The Bertz CT molecular complexity index is 3090. The van der Waals surface area contributed by atoms with Gasteiger partial charge in [-0.15, -0.1) is 0 Å². The molecule has 0 bridgehead atoms. The Morgan fingerprint density at radius 2 is 0.895 bits per heavy atom. The number of furan rings is 1. The van der Waals surface area contributed by atoms with Crippen molar-refractivity contribution in [3.8, 4) is 79.2 Å². The molecule has 0 amide bonds. The number of fused-ring (bicyclic) bond motifs is 3. The van der Waals surface area contributed by atoms with Crippen molar-refractivity contribution in [2.24, 2.45) is 0 Å². The molecule has 0 atom stereocenters. The standard InChI is InChI=1S/C51H35N5O/c1-32-16-12-13-25-40(32)47-33(2)46(35-19-8-4-9-20-35)52-49(53-47)39-28-29-41-44(31-39)57-43-27-15-26-42(45(41)43)51-55-48(36-21-10-5-11-22-36)54-50(56-51)38-24-14-23-37(30-38)34-17-6-3-7-18-34/h3-31H,1-2H3. The van der Waals surface area contributed by atoms with Crippen LogP contribution in [-0.4, -0.2) is 24.9 Å². The van der Waals surface area contributed by atoms with Crippen LogP contribution in [0.15, 0.2) is 180 Å². The Labute approximate surface area is 330 Å².